The van der Waals surface area contributed by atoms with Crippen LogP contribution in [0.25, 0.3) is 27.8 Å². The van der Waals surface area contributed by atoms with E-state index in [4.69, 9.17) is 9.97 Å². The Labute approximate surface area is 186 Å². The fourth-order valence-electron chi connectivity index (χ4n) is 4.15. The maximum Gasteiger partial charge on any atom is 0.174 e. The van der Waals surface area contributed by atoms with Crippen molar-refractivity contribution in [1.82, 2.24) is 49.7 Å². The molecule has 0 fully saturated rings. The Morgan fingerprint density at radius 1 is 1.19 bits per heavy atom. The summed E-state index contributed by atoms with van der Waals surface area (Å²) < 4.78 is 3.83. The van der Waals surface area contributed by atoms with E-state index in [0.717, 1.165) is 51.5 Å². The van der Waals surface area contributed by atoms with Gasteiger partial charge in [0.25, 0.3) is 0 Å². The number of H-pyrrole nitrogens is 1. The van der Waals surface area contributed by atoms with Gasteiger partial charge in [-0.15, -0.1) is 21.5 Å². The second-order valence-electron chi connectivity index (χ2n) is 7.51. The maximum atomic E-state index is 5.05. The summed E-state index contributed by atoms with van der Waals surface area (Å²) >= 11 is 1.50. The van der Waals surface area contributed by atoms with Crippen LogP contribution in [0, 0.1) is 6.92 Å². The summed E-state index contributed by atoms with van der Waals surface area (Å²) in [5.41, 5.74) is 5.19. The van der Waals surface area contributed by atoms with E-state index in [1.165, 1.54) is 11.3 Å². The predicted octanol–water partition coefficient (Wildman–Crippen LogP) is 3.22. The molecule has 0 aromatic carbocycles. The van der Waals surface area contributed by atoms with E-state index in [9.17, 15) is 0 Å². The van der Waals surface area contributed by atoms with E-state index in [1.54, 1.807) is 16.4 Å². The molecule has 0 bridgehead atoms. The highest BCUT2D eigenvalue weighted by Gasteiger charge is 2.36. The molecule has 6 heterocycles. The predicted molar refractivity (Wildman–Crippen MR) is 119 cm³/mol. The van der Waals surface area contributed by atoms with Crippen LogP contribution in [-0.2, 0) is 7.05 Å². The molecule has 0 aliphatic carbocycles. The minimum absolute atomic E-state index is 0.0378. The van der Waals surface area contributed by atoms with Gasteiger partial charge in [-0.2, -0.15) is 10.2 Å². The number of anilines is 2. The van der Waals surface area contributed by atoms with Crippen LogP contribution in [0.1, 0.15) is 31.0 Å². The topological polar surface area (TPSA) is 119 Å². The summed E-state index contributed by atoms with van der Waals surface area (Å²) in [4.78, 5) is 17.3. The number of thiazole rings is 1. The third kappa shape index (κ3) is 2.69. The molecule has 1 unspecified atom stereocenters. The van der Waals surface area contributed by atoms with Crippen LogP contribution in [0.3, 0.4) is 0 Å². The SMILES string of the molecule is CCC1c2nnc(C)n2-c2cnc(-c3scnc3-c3ccn[nH]3)nc2N1c1cnn(C)c1. The fraction of sp³-hybridized carbons (Fsp3) is 0.250. The van der Waals surface area contributed by atoms with E-state index in [1.807, 2.05) is 43.2 Å². The number of aromatic amines is 1. The van der Waals surface area contributed by atoms with Crippen molar-refractivity contribution in [2.45, 2.75) is 26.3 Å². The molecule has 6 rings (SSSR count). The van der Waals surface area contributed by atoms with Gasteiger partial charge in [-0.1, -0.05) is 6.92 Å². The van der Waals surface area contributed by atoms with Crippen molar-refractivity contribution in [2.24, 2.45) is 7.05 Å². The molecule has 1 atom stereocenters. The van der Waals surface area contributed by atoms with Crippen LogP contribution in [0.5, 0.6) is 0 Å². The highest BCUT2D eigenvalue weighted by atomic mass is 32.1. The fourth-order valence-corrected chi connectivity index (χ4v) is 4.89. The number of fused-ring (bicyclic) bond motifs is 3. The van der Waals surface area contributed by atoms with Gasteiger partial charge in [0.1, 0.15) is 22.1 Å². The van der Waals surface area contributed by atoms with Crippen molar-refractivity contribution in [3.63, 3.8) is 0 Å². The molecule has 0 amide bonds. The minimum atomic E-state index is -0.0378. The van der Waals surface area contributed by atoms with Crippen molar-refractivity contribution in [3.05, 3.63) is 48.0 Å². The third-order valence-electron chi connectivity index (χ3n) is 5.56. The summed E-state index contributed by atoms with van der Waals surface area (Å²) in [6.45, 7) is 4.08. The lowest BCUT2D eigenvalue weighted by Gasteiger charge is -2.36. The molecule has 12 heteroatoms. The van der Waals surface area contributed by atoms with E-state index in [2.05, 4.69) is 42.3 Å². The molecule has 5 aromatic heterocycles. The van der Waals surface area contributed by atoms with E-state index < -0.39 is 0 Å². The van der Waals surface area contributed by atoms with E-state index in [-0.39, 0.29) is 6.04 Å². The summed E-state index contributed by atoms with van der Waals surface area (Å²) in [6, 6.07) is 1.85. The number of aromatic nitrogens is 10. The molecule has 0 saturated heterocycles. The number of nitrogens with zero attached hydrogens (tertiary/aromatic N) is 10. The second-order valence-corrected chi connectivity index (χ2v) is 8.36. The Kier molecular flexibility index (Phi) is 4.15. The largest absolute Gasteiger partial charge is 0.311 e. The number of hydrogen-bond acceptors (Lipinski definition) is 9. The molecule has 1 aliphatic rings. The van der Waals surface area contributed by atoms with E-state index >= 15 is 0 Å². The standard InChI is InChI=1S/C20H19N11S/c1-4-14-20-28-26-11(2)30(20)15-8-21-18(17-16(22-10-32-17)13-5-6-23-27-13)25-19(15)31(14)12-7-24-29(3)9-12/h5-10,14H,4H2,1-3H3,(H,23,27). The normalized spacial score (nSPS) is 15.1. The smallest absolute Gasteiger partial charge is 0.174 e. The highest BCUT2D eigenvalue weighted by molar-refractivity contribution is 7.13. The van der Waals surface area contributed by atoms with Crippen molar-refractivity contribution in [2.75, 3.05) is 4.90 Å². The van der Waals surface area contributed by atoms with Crippen molar-refractivity contribution < 1.29 is 0 Å². The number of aryl methyl sites for hydroxylation is 2. The van der Waals surface area contributed by atoms with Gasteiger partial charge in [-0.05, 0) is 19.4 Å². The minimum Gasteiger partial charge on any atom is -0.311 e. The zero-order chi connectivity index (χ0) is 21.8. The summed E-state index contributed by atoms with van der Waals surface area (Å²) in [5, 5.41) is 20.2. The van der Waals surface area contributed by atoms with Gasteiger partial charge in [-0.3, -0.25) is 14.3 Å². The van der Waals surface area contributed by atoms with Crippen LogP contribution < -0.4 is 4.90 Å². The lowest BCUT2D eigenvalue weighted by atomic mass is 10.1. The Balaban J connectivity index is 1.58. The molecule has 0 saturated carbocycles. The average Bonchev–Trinajstić information content (AvgIpc) is 3.59. The van der Waals surface area contributed by atoms with Crippen LogP contribution >= 0.6 is 11.3 Å². The first-order valence-electron chi connectivity index (χ1n) is 10.2. The number of rotatable bonds is 4. The first-order valence-corrected chi connectivity index (χ1v) is 11.0. The van der Waals surface area contributed by atoms with Crippen molar-refractivity contribution >= 4 is 22.8 Å². The Hall–Kier alpha value is -3.93. The average molecular weight is 446 g/mol. The first-order chi connectivity index (χ1) is 15.7. The van der Waals surface area contributed by atoms with Crippen LogP contribution in [0.4, 0.5) is 11.5 Å². The molecule has 32 heavy (non-hydrogen) atoms. The molecule has 0 radical (unpaired) electrons. The summed E-state index contributed by atoms with van der Waals surface area (Å²) in [5.74, 6) is 3.06. The van der Waals surface area contributed by atoms with Crippen LogP contribution in [0.2, 0.25) is 0 Å². The van der Waals surface area contributed by atoms with Crippen LogP contribution in [0.15, 0.2) is 36.4 Å². The maximum absolute atomic E-state index is 5.05. The van der Waals surface area contributed by atoms with Gasteiger partial charge < -0.3 is 4.90 Å². The van der Waals surface area contributed by atoms with Gasteiger partial charge in [0.05, 0.1) is 35.3 Å². The molecule has 1 N–H and O–H groups in total. The van der Waals surface area contributed by atoms with Gasteiger partial charge >= 0.3 is 0 Å². The lowest BCUT2D eigenvalue weighted by molar-refractivity contribution is 0.587. The quantitative estimate of drug-likeness (QED) is 0.448. The van der Waals surface area contributed by atoms with Crippen molar-refractivity contribution in [3.8, 4) is 27.8 Å². The molecule has 5 aromatic rings. The molecule has 1 aliphatic heterocycles. The third-order valence-corrected chi connectivity index (χ3v) is 6.38. The Morgan fingerprint density at radius 3 is 2.84 bits per heavy atom. The van der Waals surface area contributed by atoms with Gasteiger partial charge in [0, 0.05) is 19.4 Å². The first kappa shape index (κ1) is 18.8. The molecular weight excluding hydrogens is 426 g/mol. The second kappa shape index (κ2) is 7.05. The zero-order valence-corrected chi connectivity index (χ0v) is 18.4. The van der Waals surface area contributed by atoms with Gasteiger partial charge in [-0.25, -0.2) is 15.0 Å². The lowest BCUT2D eigenvalue weighted by Crippen LogP contribution is -2.32. The van der Waals surface area contributed by atoms with Crippen molar-refractivity contribution in [1.29, 1.82) is 0 Å². The van der Waals surface area contributed by atoms with Gasteiger partial charge in [0.15, 0.2) is 17.5 Å². The molecule has 0 spiro atoms. The summed E-state index contributed by atoms with van der Waals surface area (Å²) in [6.07, 6.45) is 8.19. The molecule has 160 valence electrons. The van der Waals surface area contributed by atoms with E-state index in [0.29, 0.717) is 5.82 Å². The zero-order valence-electron chi connectivity index (χ0n) is 17.6. The number of nitrogens with one attached hydrogen (secondary N) is 1. The summed E-state index contributed by atoms with van der Waals surface area (Å²) in [7, 11) is 1.90. The van der Waals surface area contributed by atoms with Crippen LogP contribution in [-0.4, -0.2) is 49.7 Å². The number of hydrogen-bond donors (Lipinski definition) is 1. The molecular formula is C20H19N11S. The molecule has 11 nitrogen and oxygen atoms in total. The Bertz CT molecular complexity index is 1410. The Morgan fingerprint density at radius 2 is 2.09 bits per heavy atom. The monoisotopic (exact) mass is 445 g/mol. The highest BCUT2D eigenvalue weighted by Crippen LogP contribution is 2.44. The van der Waals surface area contributed by atoms with Gasteiger partial charge in [0.2, 0.25) is 0 Å².